The smallest absolute Gasteiger partial charge is 0.0441 e. The van der Waals surface area contributed by atoms with Crippen LogP contribution < -0.4 is 0 Å². The molecule has 0 atom stereocenters. The zero-order chi connectivity index (χ0) is 12.5. The Morgan fingerprint density at radius 2 is 1.78 bits per heavy atom. The van der Waals surface area contributed by atoms with Crippen molar-refractivity contribution in [3.05, 3.63) is 69.6 Å². The fourth-order valence-electron chi connectivity index (χ4n) is 2.23. The van der Waals surface area contributed by atoms with Gasteiger partial charge in [-0.2, -0.15) is 0 Å². The number of fused-ring (bicyclic) bond motifs is 1. The van der Waals surface area contributed by atoms with E-state index < -0.39 is 0 Å². The number of hydrogen-bond donors (Lipinski definition) is 0. The summed E-state index contributed by atoms with van der Waals surface area (Å²) >= 11 is 8.06. The third-order valence-electron chi connectivity index (χ3n) is 3.21. The molecule has 0 saturated carbocycles. The minimum Gasteiger partial charge on any atom is -0.143 e. The molecule has 0 bridgehead atoms. The van der Waals surface area contributed by atoms with Crippen LogP contribution in [0.1, 0.15) is 16.7 Å². The maximum absolute atomic E-state index is 6.23. The van der Waals surface area contributed by atoms with Crippen LogP contribution in [-0.4, -0.2) is 0 Å². The van der Waals surface area contributed by atoms with Crippen molar-refractivity contribution >= 4 is 33.0 Å². The van der Waals surface area contributed by atoms with E-state index in [9.17, 15) is 0 Å². The minimum atomic E-state index is 0.850. The molecule has 0 nitrogen and oxygen atoms in total. The second-order valence-electron chi connectivity index (χ2n) is 4.48. The van der Waals surface area contributed by atoms with E-state index in [0.717, 1.165) is 11.4 Å². The molecule has 0 amide bonds. The van der Waals surface area contributed by atoms with Crippen molar-refractivity contribution in [2.75, 3.05) is 0 Å². The van der Waals surface area contributed by atoms with Gasteiger partial charge in [-0.1, -0.05) is 48.0 Å². The number of rotatable bonds is 2. The third kappa shape index (κ3) is 2.05. The average Bonchev–Trinajstić information content (AvgIpc) is 2.76. The van der Waals surface area contributed by atoms with Crippen LogP contribution in [0.2, 0.25) is 5.02 Å². The number of benzene rings is 2. The highest BCUT2D eigenvalue weighted by Crippen LogP contribution is 2.30. The maximum atomic E-state index is 6.23. The Morgan fingerprint density at radius 1 is 1.00 bits per heavy atom. The highest BCUT2D eigenvalue weighted by Gasteiger charge is 2.07. The van der Waals surface area contributed by atoms with Crippen molar-refractivity contribution in [3.8, 4) is 0 Å². The van der Waals surface area contributed by atoms with E-state index in [4.69, 9.17) is 11.6 Å². The van der Waals surface area contributed by atoms with E-state index in [-0.39, 0.29) is 0 Å². The van der Waals surface area contributed by atoms with E-state index in [0.29, 0.717) is 0 Å². The highest BCUT2D eigenvalue weighted by atomic mass is 35.5. The molecule has 2 heteroatoms. The number of hydrogen-bond acceptors (Lipinski definition) is 1. The largest absolute Gasteiger partial charge is 0.143 e. The zero-order valence-corrected chi connectivity index (χ0v) is 11.7. The molecule has 3 aromatic rings. The lowest BCUT2D eigenvalue weighted by Crippen LogP contribution is -1.89. The van der Waals surface area contributed by atoms with E-state index in [1.807, 2.05) is 29.5 Å². The topological polar surface area (TPSA) is 0 Å². The first kappa shape index (κ1) is 11.8. The Kier molecular flexibility index (Phi) is 3.11. The Hall–Kier alpha value is -1.31. The molecule has 0 N–H and O–H groups in total. The number of thiophene rings is 1. The van der Waals surface area contributed by atoms with Gasteiger partial charge in [0.05, 0.1) is 0 Å². The summed E-state index contributed by atoms with van der Waals surface area (Å²) in [5.74, 6) is 0. The second-order valence-corrected chi connectivity index (χ2v) is 5.77. The molecule has 90 valence electrons. The lowest BCUT2D eigenvalue weighted by molar-refractivity contribution is 1.22. The SMILES string of the molecule is Cc1csc2c(Cc3ccccc3Cl)cccc12. The molecule has 0 unspecified atom stereocenters. The van der Waals surface area contributed by atoms with Crippen LogP contribution in [0.4, 0.5) is 0 Å². The van der Waals surface area contributed by atoms with Crippen LogP contribution in [0.5, 0.6) is 0 Å². The van der Waals surface area contributed by atoms with Crippen LogP contribution in [-0.2, 0) is 6.42 Å². The van der Waals surface area contributed by atoms with Crippen LogP contribution in [0, 0.1) is 6.92 Å². The average molecular weight is 273 g/mol. The molecule has 1 heterocycles. The van der Waals surface area contributed by atoms with Crippen molar-refractivity contribution in [2.24, 2.45) is 0 Å². The molecule has 0 aliphatic carbocycles. The quantitative estimate of drug-likeness (QED) is 0.582. The van der Waals surface area contributed by atoms with Gasteiger partial charge in [0.2, 0.25) is 0 Å². The van der Waals surface area contributed by atoms with Gasteiger partial charge in [-0.15, -0.1) is 11.3 Å². The number of halogens is 1. The van der Waals surface area contributed by atoms with Crippen LogP contribution in [0.25, 0.3) is 10.1 Å². The van der Waals surface area contributed by atoms with Gasteiger partial charge >= 0.3 is 0 Å². The van der Waals surface area contributed by atoms with Crippen LogP contribution in [0.15, 0.2) is 47.8 Å². The van der Waals surface area contributed by atoms with Gasteiger partial charge in [-0.25, -0.2) is 0 Å². The predicted octanol–water partition coefficient (Wildman–Crippen LogP) is 5.45. The summed E-state index contributed by atoms with van der Waals surface area (Å²) in [6.45, 7) is 2.16. The predicted molar refractivity (Wildman–Crippen MR) is 80.8 cm³/mol. The van der Waals surface area contributed by atoms with E-state index in [1.54, 1.807) is 0 Å². The van der Waals surface area contributed by atoms with Crippen molar-refractivity contribution in [1.29, 1.82) is 0 Å². The molecule has 3 rings (SSSR count). The fraction of sp³-hybridized carbons (Fsp3) is 0.125. The molecule has 0 spiro atoms. The minimum absolute atomic E-state index is 0.850. The first-order valence-electron chi connectivity index (χ1n) is 5.95. The van der Waals surface area contributed by atoms with Crippen LogP contribution in [0.3, 0.4) is 0 Å². The standard InChI is InChI=1S/C16H13ClS/c1-11-10-18-16-13(6-4-7-14(11)16)9-12-5-2-3-8-15(12)17/h2-8,10H,9H2,1H3. The van der Waals surface area contributed by atoms with Crippen molar-refractivity contribution in [1.82, 2.24) is 0 Å². The van der Waals surface area contributed by atoms with Gasteiger partial charge in [0.25, 0.3) is 0 Å². The molecule has 0 fully saturated rings. The van der Waals surface area contributed by atoms with E-state index in [2.05, 4.69) is 36.6 Å². The second kappa shape index (κ2) is 4.75. The molecular formula is C16H13ClS. The molecule has 2 aromatic carbocycles. The molecule has 0 saturated heterocycles. The van der Waals surface area contributed by atoms with Gasteiger partial charge in [-0.05, 0) is 40.4 Å². The van der Waals surface area contributed by atoms with Gasteiger partial charge in [0, 0.05) is 16.1 Å². The fourth-order valence-corrected chi connectivity index (χ4v) is 3.50. The zero-order valence-electron chi connectivity index (χ0n) is 10.1. The summed E-state index contributed by atoms with van der Waals surface area (Å²) < 4.78 is 1.38. The summed E-state index contributed by atoms with van der Waals surface area (Å²) in [6, 6.07) is 14.6. The Labute approximate surface area is 116 Å². The lowest BCUT2D eigenvalue weighted by Gasteiger charge is -2.05. The first-order chi connectivity index (χ1) is 8.75. The third-order valence-corrected chi connectivity index (χ3v) is 4.77. The van der Waals surface area contributed by atoms with Crippen molar-refractivity contribution < 1.29 is 0 Å². The van der Waals surface area contributed by atoms with Gasteiger partial charge in [0.15, 0.2) is 0 Å². The first-order valence-corrected chi connectivity index (χ1v) is 7.20. The summed E-state index contributed by atoms with van der Waals surface area (Å²) in [5.41, 5.74) is 3.91. The van der Waals surface area contributed by atoms with E-state index in [1.165, 1.54) is 26.8 Å². The van der Waals surface area contributed by atoms with Gasteiger partial charge in [0.1, 0.15) is 0 Å². The molecular weight excluding hydrogens is 260 g/mol. The highest BCUT2D eigenvalue weighted by molar-refractivity contribution is 7.17. The molecule has 0 aliphatic heterocycles. The Morgan fingerprint density at radius 3 is 2.61 bits per heavy atom. The van der Waals surface area contributed by atoms with Gasteiger partial charge < -0.3 is 0 Å². The van der Waals surface area contributed by atoms with Crippen molar-refractivity contribution in [2.45, 2.75) is 13.3 Å². The molecule has 1 aromatic heterocycles. The summed E-state index contributed by atoms with van der Waals surface area (Å²) in [7, 11) is 0. The summed E-state index contributed by atoms with van der Waals surface area (Å²) in [6.07, 6.45) is 0.900. The van der Waals surface area contributed by atoms with Crippen molar-refractivity contribution in [3.63, 3.8) is 0 Å². The summed E-state index contributed by atoms with van der Waals surface area (Å²) in [4.78, 5) is 0. The maximum Gasteiger partial charge on any atom is 0.0441 e. The normalized spacial score (nSPS) is 11.0. The Bertz CT molecular complexity index is 697. The van der Waals surface area contributed by atoms with Crippen LogP contribution >= 0.6 is 22.9 Å². The van der Waals surface area contributed by atoms with Gasteiger partial charge in [-0.3, -0.25) is 0 Å². The monoisotopic (exact) mass is 272 g/mol. The molecule has 0 radical (unpaired) electrons. The number of aryl methyl sites for hydroxylation is 1. The van der Waals surface area contributed by atoms with E-state index >= 15 is 0 Å². The lowest BCUT2D eigenvalue weighted by atomic mass is 10.0. The molecule has 18 heavy (non-hydrogen) atoms. The Balaban J connectivity index is 2.08. The molecule has 0 aliphatic rings. The summed E-state index contributed by atoms with van der Waals surface area (Å²) in [5, 5.41) is 4.44.